The molecule has 0 aliphatic heterocycles. The molecule has 114 valence electrons. The molecular weight excluding hydrogens is 292 g/mol. The lowest BCUT2D eigenvalue weighted by molar-refractivity contribution is -0.116. The van der Waals surface area contributed by atoms with Gasteiger partial charge in [0.1, 0.15) is 0 Å². The number of thiol groups is 1. The van der Waals surface area contributed by atoms with Crippen LogP contribution in [0.1, 0.15) is 31.1 Å². The van der Waals surface area contributed by atoms with E-state index < -0.39 is 11.3 Å². The van der Waals surface area contributed by atoms with Gasteiger partial charge in [-0.15, -0.1) is 12.6 Å². The standard InChI is InChI=1S/C19H20O2S/c1-13(18(21)22)19(2,3)17(20)16-11-9-15(10-12-16)14-7-5-4-6-8-14/h4-13H,1-3H3,(H,21,22). The van der Waals surface area contributed by atoms with E-state index in [1.807, 2.05) is 54.6 Å². The van der Waals surface area contributed by atoms with E-state index in [9.17, 15) is 9.59 Å². The summed E-state index contributed by atoms with van der Waals surface area (Å²) < 4.78 is 0. The van der Waals surface area contributed by atoms with Crippen LogP contribution in [0.5, 0.6) is 0 Å². The quantitative estimate of drug-likeness (QED) is 0.644. The Bertz CT molecular complexity index is 672. The zero-order chi connectivity index (χ0) is 16.3. The topological polar surface area (TPSA) is 34.1 Å². The molecule has 0 amide bonds. The zero-order valence-corrected chi connectivity index (χ0v) is 13.9. The second kappa shape index (κ2) is 6.49. The average Bonchev–Trinajstić information content (AvgIpc) is 2.54. The molecule has 0 heterocycles. The molecule has 2 aromatic rings. The number of hydrogen-bond donors (Lipinski definition) is 1. The van der Waals surface area contributed by atoms with Crippen molar-refractivity contribution in [3.8, 4) is 11.1 Å². The lowest BCUT2D eigenvalue weighted by atomic mass is 9.74. The Balaban J connectivity index is 2.27. The van der Waals surface area contributed by atoms with Crippen molar-refractivity contribution >= 4 is 23.5 Å². The van der Waals surface area contributed by atoms with E-state index in [-0.39, 0.29) is 10.9 Å². The first-order chi connectivity index (χ1) is 10.3. The Hall–Kier alpha value is -1.87. The molecule has 0 aliphatic carbocycles. The predicted molar refractivity (Wildman–Crippen MR) is 93.1 cm³/mol. The second-order valence-corrected chi connectivity index (χ2v) is 6.49. The molecule has 0 radical (unpaired) electrons. The number of carbonyl (C=O) groups is 2. The van der Waals surface area contributed by atoms with Crippen molar-refractivity contribution in [1.82, 2.24) is 0 Å². The summed E-state index contributed by atoms with van der Waals surface area (Å²) in [5.41, 5.74) is 2.02. The third-order valence-corrected chi connectivity index (χ3v) is 4.68. The van der Waals surface area contributed by atoms with E-state index in [1.54, 1.807) is 20.8 Å². The van der Waals surface area contributed by atoms with Crippen LogP contribution in [0, 0.1) is 11.3 Å². The maximum atomic E-state index is 12.7. The van der Waals surface area contributed by atoms with Crippen LogP contribution in [0.15, 0.2) is 54.6 Å². The van der Waals surface area contributed by atoms with Crippen molar-refractivity contribution in [2.75, 3.05) is 0 Å². The van der Waals surface area contributed by atoms with Gasteiger partial charge in [0.2, 0.25) is 0 Å². The second-order valence-electron chi connectivity index (χ2n) is 6.05. The minimum Gasteiger partial charge on any atom is -0.294 e. The number of rotatable bonds is 5. The maximum absolute atomic E-state index is 12.7. The molecule has 0 aromatic heterocycles. The van der Waals surface area contributed by atoms with Gasteiger partial charge in [-0.05, 0) is 11.1 Å². The van der Waals surface area contributed by atoms with E-state index >= 15 is 0 Å². The fourth-order valence-corrected chi connectivity index (χ4v) is 2.64. The fraction of sp³-hybridized carbons (Fsp3) is 0.263. The van der Waals surface area contributed by atoms with Crippen LogP contribution in [0.2, 0.25) is 0 Å². The van der Waals surface area contributed by atoms with Crippen LogP contribution in [0.25, 0.3) is 11.1 Å². The Morgan fingerprint density at radius 2 is 1.41 bits per heavy atom. The summed E-state index contributed by atoms with van der Waals surface area (Å²) in [6.07, 6.45) is 0. The van der Waals surface area contributed by atoms with Gasteiger partial charge in [-0.1, -0.05) is 75.4 Å². The van der Waals surface area contributed by atoms with Gasteiger partial charge in [0.05, 0.1) is 0 Å². The number of hydrogen-bond acceptors (Lipinski definition) is 2. The molecule has 0 aliphatic rings. The van der Waals surface area contributed by atoms with Crippen LogP contribution in [0.4, 0.5) is 0 Å². The summed E-state index contributed by atoms with van der Waals surface area (Å²) in [4.78, 5) is 24.2. The maximum Gasteiger partial charge on any atom is 0.189 e. The van der Waals surface area contributed by atoms with Crippen molar-refractivity contribution in [2.24, 2.45) is 11.3 Å². The summed E-state index contributed by atoms with van der Waals surface area (Å²) in [6, 6.07) is 17.5. The molecule has 0 fully saturated rings. The summed E-state index contributed by atoms with van der Waals surface area (Å²) in [6.45, 7) is 5.32. The minimum atomic E-state index is -0.771. The number of benzene rings is 2. The molecule has 2 nitrogen and oxygen atoms in total. The Morgan fingerprint density at radius 1 is 0.909 bits per heavy atom. The highest BCUT2D eigenvalue weighted by molar-refractivity contribution is 7.96. The van der Waals surface area contributed by atoms with E-state index in [0.717, 1.165) is 11.1 Å². The third kappa shape index (κ3) is 3.30. The monoisotopic (exact) mass is 312 g/mol. The average molecular weight is 312 g/mol. The van der Waals surface area contributed by atoms with E-state index in [4.69, 9.17) is 0 Å². The number of carbonyl (C=O) groups excluding carboxylic acids is 2. The van der Waals surface area contributed by atoms with E-state index in [0.29, 0.717) is 5.56 Å². The van der Waals surface area contributed by atoms with Gasteiger partial charge in [-0.2, -0.15) is 0 Å². The van der Waals surface area contributed by atoms with Gasteiger partial charge in [0, 0.05) is 16.9 Å². The lowest BCUT2D eigenvalue weighted by Gasteiger charge is -2.28. The van der Waals surface area contributed by atoms with Gasteiger partial charge in [0.15, 0.2) is 10.9 Å². The van der Waals surface area contributed by atoms with Gasteiger partial charge in [0.25, 0.3) is 0 Å². The SMILES string of the molecule is CC(C(=O)S)C(C)(C)C(=O)c1ccc(-c2ccccc2)cc1. The molecule has 0 saturated heterocycles. The first-order valence-electron chi connectivity index (χ1n) is 7.27. The molecule has 3 heteroatoms. The van der Waals surface area contributed by atoms with E-state index in [2.05, 4.69) is 12.6 Å². The van der Waals surface area contributed by atoms with Gasteiger partial charge in [-0.25, -0.2) is 0 Å². The fourth-order valence-electron chi connectivity index (χ4n) is 2.32. The summed E-state index contributed by atoms with van der Waals surface area (Å²) in [5.74, 6) is -0.473. The van der Waals surface area contributed by atoms with E-state index in [1.165, 1.54) is 0 Å². The normalized spacial score (nSPS) is 12.7. The molecule has 22 heavy (non-hydrogen) atoms. The first kappa shape index (κ1) is 16.5. The third-order valence-electron chi connectivity index (χ3n) is 4.29. The van der Waals surface area contributed by atoms with Crippen LogP contribution in [-0.2, 0) is 4.79 Å². The molecule has 1 atom stereocenters. The van der Waals surface area contributed by atoms with Crippen LogP contribution in [0.3, 0.4) is 0 Å². The summed E-state index contributed by atoms with van der Waals surface area (Å²) in [5, 5.41) is -0.265. The smallest absolute Gasteiger partial charge is 0.189 e. The molecule has 0 saturated carbocycles. The van der Waals surface area contributed by atoms with Gasteiger partial charge < -0.3 is 0 Å². The highest BCUT2D eigenvalue weighted by Gasteiger charge is 2.37. The van der Waals surface area contributed by atoms with Gasteiger partial charge in [-0.3, -0.25) is 9.59 Å². The molecular formula is C19H20O2S. The van der Waals surface area contributed by atoms with Crippen LogP contribution < -0.4 is 0 Å². The summed E-state index contributed by atoms with van der Waals surface area (Å²) >= 11 is 3.87. The molecule has 2 aromatic carbocycles. The Labute approximate surface area is 137 Å². The van der Waals surface area contributed by atoms with Gasteiger partial charge >= 0.3 is 0 Å². The van der Waals surface area contributed by atoms with Crippen molar-refractivity contribution in [2.45, 2.75) is 20.8 Å². The van der Waals surface area contributed by atoms with Crippen molar-refractivity contribution in [3.63, 3.8) is 0 Å². The zero-order valence-electron chi connectivity index (χ0n) is 13.0. The van der Waals surface area contributed by atoms with Crippen molar-refractivity contribution in [3.05, 3.63) is 60.2 Å². The van der Waals surface area contributed by atoms with Crippen LogP contribution in [-0.4, -0.2) is 10.9 Å². The Morgan fingerprint density at radius 3 is 1.91 bits per heavy atom. The minimum absolute atomic E-state index is 0.0398. The lowest BCUT2D eigenvalue weighted by Crippen LogP contribution is -2.34. The van der Waals surface area contributed by atoms with Crippen LogP contribution >= 0.6 is 12.6 Å². The molecule has 0 bridgehead atoms. The highest BCUT2D eigenvalue weighted by Crippen LogP contribution is 2.33. The molecule has 0 N–H and O–H groups in total. The predicted octanol–water partition coefficient (Wildman–Crippen LogP) is 4.66. The molecule has 2 rings (SSSR count). The highest BCUT2D eigenvalue weighted by atomic mass is 32.1. The number of ketones is 1. The Kier molecular flexibility index (Phi) is 4.87. The summed E-state index contributed by atoms with van der Waals surface area (Å²) in [7, 11) is 0. The number of Topliss-reactive ketones (excluding diaryl/α,β-unsaturated/α-hetero) is 1. The van der Waals surface area contributed by atoms with Crippen molar-refractivity contribution < 1.29 is 9.59 Å². The van der Waals surface area contributed by atoms with Crippen molar-refractivity contribution in [1.29, 1.82) is 0 Å². The molecule has 0 spiro atoms. The molecule has 1 unspecified atom stereocenters. The first-order valence-corrected chi connectivity index (χ1v) is 7.72. The largest absolute Gasteiger partial charge is 0.294 e.